The van der Waals surface area contributed by atoms with E-state index in [2.05, 4.69) is 31.4 Å². The van der Waals surface area contributed by atoms with Crippen molar-refractivity contribution in [2.75, 3.05) is 5.32 Å². The van der Waals surface area contributed by atoms with Gasteiger partial charge in [-0.15, -0.1) is 10.2 Å². The lowest BCUT2D eigenvalue weighted by Crippen LogP contribution is -1.95. The predicted molar refractivity (Wildman–Crippen MR) is 69.4 cm³/mol. The van der Waals surface area contributed by atoms with Crippen LogP contribution in [0.25, 0.3) is 0 Å². The first-order valence-corrected chi connectivity index (χ1v) is 6.02. The number of nitrogens with one attached hydrogen (secondary N) is 1. The molecule has 0 fully saturated rings. The molecule has 2 rings (SSSR count). The average Bonchev–Trinajstić information content (AvgIpc) is 2.29. The lowest BCUT2D eigenvalue weighted by molar-refractivity contribution is 0.621. The van der Waals surface area contributed by atoms with Crippen molar-refractivity contribution in [1.29, 1.82) is 0 Å². The molecule has 1 aromatic carbocycles. The van der Waals surface area contributed by atoms with E-state index in [1.165, 1.54) is 12.1 Å². The van der Waals surface area contributed by atoms with Crippen LogP contribution < -0.4 is 5.32 Å². The van der Waals surface area contributed by atoms with E-state index in [4.69, 9.17) is 23.2 Å². The zero-order valence-corrected chi connectivity index (χ0v) is 11.3. The first-order valence-electron chi connectivity index (χ1n) is 4.47. The fraction of sp³-hybridized carbons (Fsp3) is 0. The van der Waals surface area contributed by atoms with Crippen LogP contribution in [0.1, 0.15) is 0 Å². The van der Waals surface area contributed by atoms with Crippen LogP contribution in [0.15, 0.2) is 28.7 Å². The Bertz CT molecular complexity index is 565. The number of benzene rings is 1. The van der Waals surface area contributed by atoms with E-state index in [0.29, 0.717) is 15.8 Å². The quantitative estimate of drug-likeness (QED) is 0.881. The molecule has 1 N–H and O–H groups in total. The molecule has 0 atom stereocenters. The van der Waals surface area contributed by atoms with Crippen LogP contribution in [-0.4, -0.2) is 10.2 Å². The van der Waals surface area contributed by atoms with Crippen molar-refractivity contribution in [1.82, 2.24) is 10.2 Å². The van der Waals surface area contributed by atoms with Crippen LogP contribution in [0, 0.1) is 5.82 Å². The zero-order chi connectivity index (χ0) is 12.4. The summed E-state index contributed by atoms with van der Waals surface area (Å²) in [5.74, 6) is -0.340. The Kier molecular flexibility index (Phi) is 3.81. The molecular weight excluding hydrogens is 332 g/mol. The van der Waals surface area contributed by atoms with Crippen molar-refractivity contribution < 1.29 is 4.39 Å². The molecule has 0 spiro atoms. The summed E-state index contributed by atoms with van der Waals surface area (Å²) in [6.07, 6.45) is 0. The van der Waals surface area contributed by atoms with Gasteiger partial charge >= 0.3 is 0 Å². The molecule has 88 valence electrons. The van der Waals surface area contributed by atoms with E-state index in [-0.39, 0.29) is 16.1 Å². The Balaban J connectivity index is 2.31. The van der Waals surface area contributed by atoms with E-state index >= 15 is 0 Å². The monoisotopic (exact) mass is 335 g/mol. The fourth-order valence-electron chi connectivity index (χ4n) is 1.17. The zero-order valence-electron chi connectivity index (χ0n) is 8.22. The van der Waals surface area contributed by atoms with Crippen molar-refractivity contribution in [3.63, 3.8) is 0 Å². The van der Waals surface area contributed by atoms with Gasteiger partial charge in [-0.1, -0.05) is 23.2 Å². The molecule has 3 nitrogen and oxygen atoms in total. The lowest BCUT2D eigenvalue weighted by atomic mass is 10.3. The molecule has 0 saturated heterocycles. The van der Waals surface area contributed by atoms with Gasteiger partial charge in [-0.05, 0) is 34.1 Å². The van der Waals surface area contributed by atoms with Gasteiger partial charge < -0.3 is 5.32 Å². The highest BCUT2D eigenvalue weighted by Gasteiger charge is 2.06. The lowest BCUT2D eigenvalue weighted by Gasteiger charge is -2.08. The summed E-state index contributed by atoms with van der Waals surface area (Å²) in [7, 11) is 0. The third kappa shape index (κ3) is 3.06. The average molecular weight is 337 g/mol. The summed E-state index contributed by atoms with van der Waals surface area (Å²) in [5, 5.41) is 10.6. The van der Waals surface area contributed by atoms with E-state index < -0.39 is 0 Å². The number of aromatic nitrogens is 2. The highest BCUT2D eigenvalue weighted by atomic mass is 79.9. The van der Waals surface area contributed by atoms with Crippen LogP contribution in [0.5, 0.6) is 0 Å². The Morgan fingerprint density at radius 3 is 2.65 bits per heavy atom. The summed E-state index contributed by atoms with van der Waals surface area (Å²) in [6, 6.07) is 6.02. The summed E-state index contributed by atoms with van der Waals surface area (Å²) < 4.78 is 13.4. The summed E-state index contributed by atoms with van der Waals surface area (Å²) >= 11 is 14.6. The van der Waals surface area contributed by atoms with Crippen molar-refractivity contribution in [2.24, 2.45) is 0 Å². The van der Waals surface area contributed by atoms with E-state index in [1.54, 1.807) is 12.1 Å². The minimum atomic E-state index is -0.340. The summed E-state index contributed by atoms with van der Waals surface area (Å²) in [6.45, 7) is 0. The minimum Gasteiger partial charge on any atom is -0.353 e. The minimum absolute atomic E-state index is 0.190. The third-order valence-electron chi connectivity index (χ3n) is 1.92. The maximum Gasteiger partial charge on any atom is 0.175 e. The van der Waals surface area contributed by atoms with Crippen molar-refractivity contribution in [3.05, 3.63) is 44.9 Å². The second-order valence-corrected chi connectivity index (χ2v) is 4.73. The van der Waals surface area contributed by atoms with Crippen molar-refractivity contribution >= 4 is 50.5 Å². The van der Waals surface area contributed by atoms with Crippen molar-refractivity contribution in [3.8, 4) is 0 Å². The molecule has 0 saturated carbocycles. The van der Waals surface area contributed by atoms with Crippen LogP contribution in [-0.2, 0) is 0 Å². The third-order valence-corrected chi connectivity index (χ3v) is 2.99. The SMILES string of the molecule is Fc1ccc(Nc2cc(Cl)nnc2Cl)cc1Br. The van der Waals surface area contributed by atoms with Gasteiger partial charge in [-0.3, -0.25) is 0 Å². The molecule has 7 heteroatoms. The van der Waals surface area contributed by atoms with Crippen LogP contribution in [0.3, 0.4) is 0 Å². The number of nitrogens with zero attached hydrogens (tertiary/aromatic N) is 2. The standard InChI is InChI=1S/C10H5BrCl2FN3/c11-6-3-5(1-2-7(6)14)15-8-4-9(12)16-17-10(8)13/h1-4H,(H,15,16). The van der Waals surface area contributed by atoms with Crippen LogP contribution in [0.4, 0.5) is 15.8 Å². The van der Waals surface area contributed by atoms with Gasteiger partial charge in [0.2, 0.25) is 0 Å². The van der Waals surface area contributed by atoms with Gasteiger partial charge in [0, 0.05) is 11.8 Å². The second kappa shape index (κ2) is 5.16. The van der Waals surface area contributed by atoms with Gasteiger partial charge in [0.05, 0.1) is 10.2 Å². The molecule has 0 unspecified atom stereocenters. The van der Waals surface area contributed by atoms with E-state index in [9.17, 15) is 4.39 Å². The molecular formula is C10H5BrCl2FN3. The van der Waals surface area contributed by atoms with E-state index in [0.717, 1.165) is 0 Å². The van der Waals surface area contributed by atoms with Gasteiger partial charge in [0.25, 0.3) is 0 Å². The second-order valence-electron chi connectivity index (χ2n) is 3.13. The predicted octanol–water partition coefficient (Wildman–Crippen LogP) is 4.43. The molecule has 0 amide bonds. The highest BCUT2D eigenvalue weighted by molar-refractivity contribution is 9.10. The van der Waals surface area contributed by atoms with Gasteiger partial charge in [-0.25, -0.2) is 4.39 Å². The molecule has 2 aromatic rings. The molecule has 17 heavy (non-hydrogen) atoms. The molecule has 0 aliphatic carbocycles. The largest absolute Gasteiger partial charge is 0.353 e. The Hall–Kier alpha value is -0.910. The Morgan fingerprint density at radius 2 is 1.94 bits per heavy atom. The maximum atomic E-state index is 13.0. The summed E-state index contributed by atoms with van der Waals surface area (Å²) in [4.78, 5) is 0. The maximum absolute atomic E-state index is 13.0. The topological polar surface area (TPSA) is 37.8 Å². The number of anilines is 2. The molecule has 1 aromatic heterocycles. The summed E-state index contributed by atoms with van der Waals surface area (Å²) in [5.41, 5.74) is 1.16. The highest BCUT2D eigenvalue weighted by Crippen LogP contribution is 2.27. The van der Waals surface area contributed by atoms with E-state index in [1.807, 2.05) is 0 Å². The Morgan fingerprint density at radius 1 is 1.18 bits per heavy atom. The van der Waals surface area contributed by atoms with Gasteiger partial charge in [-0.2, -0.15) is 0 Å². The number of halogens is 4. The van der Waals surface area contributed by atoms with Crippen LogP contribution in [0.2, 0.25) is 10.3 Å². The van der Waals surface area contributed by atoms with Crippen LogP contribution >= 0.6 is 39.1 Å². The smallest absolute Gasteiger partial charge is 0.175 e. The normalized spacial score (nSPS) is 10.4. The first-order chi connectivity index (χ1) is 8.06. The Labute approximate surface area is 115 Å². The molecule has 0 radical (unpaired) electrons. The van der Waals surface area contributed by atoms with Gasteiger partial charge in [0.1, 0.15) is 5.82 Å². The number of hydrogen-bond donors (Lipinski definition) is 1. The molecule has 1 heterocycles. The van der Waals surface area contributed by atoms with Gasteiger partial charge in [0.15, 0.2) is 10.3 Å². The van der Waals surface area contributed by atoms with Crippen molar-refractivity contribution in [2.45, 2.75) is 0 Å². The number of rotatable bonds is 2. The molecule has 0 aliphatic rings. The fourth-order valence-corrected chi connectivity index (χ4v) is 1.84. The first kappa shape index (κ1) is 12.5. The number of hydrogen-bond acceptors (Lipinski definition) is 3. The molecule has 0 bridgehead atoms. The molecule has 0 aliphatic heterocycles.